The van der Waals surface area contributed by atoms with E-state index in [9.17, 15) is 4.79 Å². The molecule has 0 aromatic heterocycles. The van der Waals surface area contributed by atoms with Crippen molar-refractivity contribution < 1.29 is 4.79 Å². The average molecular weight is 274 g/mol. The smallest absolute Gasteiger partial charge is 0.224 e. The largest absolute Gasteiger partial charge is 0.308 e. The molecule has 0 N–H and O–H groups in total. The van der Waals surface area contributed by atoms with Crippen LogP contribution in [0.2, 0.25) is 5.02 Å². The van der Waals surface area contributed by atoms with Gasteiger partial charge in [-0.15, -0.1) is 0 Å². The number of hydrogen-bond acceptors (Lipinski definition) is 1. The number of anilines is 1. The summed E-state index contributed by atoms with van der Waals surface area (Å²) in [4.78, 5) is 13.5. The van der Waals surface area contributed by atoms with E-state index in [0.717, 1.165) is 11.3 Å². The first-order valence-electron chi connectivity index (χ1n) is 6.15. The first-order valence-corrected chi connectivity index (χ1v) is 6.53. The Morgan fingerprint density at radius 3 is 2.16 bits per heavy atom. The van der Waals surface area contributed by atoms with Crippen molar-refractivity contribution in [2.24, 2.45) is 0 Å². The third-order valence-electron chi connectivity index (χ3n) is 2.98. The molecule has 0 bridgehead atoms. The zero-order valence-electron chi connectivity index (χ0n) is 11.1. The Bertz CT molecular complexity index is 560. The third-order valence-corrected chi connectivity index (χ3v) is 3.23. The second-order valence-corrected chi connectivity index (χ2v) is 5.00. The molecule has 0 atom stereocenters. The highest BCUT2D eigenvalue weighted by Gasteiger charge is 2.11. The van der Waals surface area contributed by atoms with Crippen LogP contribution in [0.25, 0.3) is 0 Å². The summed E-state index contributed by atoms with van der Waals surface area (Å²) in [6, 6.07) is 15.5. The zero-order valence-corrected chi connectivity index (χ0v) is 11.8. The molecule has 0 aliphatic heterocycles. The third kappa shape index (κ3) is 3.58. The van der Waals surface area contributed by atoms with E-state index >= 15 is 0 Å². The minimum absolute atomic E-state index is 0.0166. The summed E-state index contributed by atoms with van der Waals surface area (Å²) >= 11 is 5.87. The van der Waals surface area contributed by atoms with Crippen LogP contribution in [0.1, 0.15) is 18.1 Å². The molecule has 0 aliphatic carbocycles. The van der Waals surface area contributed by atoms with Crippen molar-refractivity contribution in [1.29, 1.82) is 0 Å². The van der Waals surface area contributed by atoms with Crippen LogP contribution in [-0.4, -0.2) is 5.91 Å². The van der Waals surface area contributed by atoms with E-state index in [1.165, 1.54) is 5.56 Å². The van der Waals surface area contributed by atoms with Crippen molar-refractivity contribution in [3.05, 3.63) is 64.7 Å². The van der Waals surface area contributed by atoms with Crippen LogP contribution >= 0.6 is 11.6 Å². The lowest BCUT2D eigenvalue weighted by Crippen LogP contribution is -2.27. The first-order chi connectivity index (χ1) is 9.06. The molecule has 0 radical (unpaired) electrons. The molecule has 0 saturated heterocycles. The predicted octanol–water partition coefficient (Wildman–Crippen LogP) is 4.20. The number of nitrogens with zero attached hydrogens (tertiary/aromatic N) is 1. The molecule has 19 heavy (non-hydrogen) atoms. The summed E-state index contributed by atoms with van der Waals surface area (Å²) < 4.78 is 0. The molecule has 1 amide bonds. The van der Waals surface area contributed by atoms with Crippen molar-refractivity contribution in [2.75, 3.05) is 4.90 Å². The van der Waals surface area contributed by atoms with Gasteiger partial charge in [-0.25, -0.2) is 0 Å². The summed E-state index contributed by atoms with van der Waals surface area (Å²) in [6.07, 6.45) is 0. The number of hydrogen-bond donors (Lipinski definition) is 0. The number of halogens is 1. The number of amides is 1. The minimum atomic E-state index is 0.0166. The van der Waals surface area contributed by atoms with Gasteiger partial charge in [0.1, 0.15) is 0 Å². The van der Waals surface area contributed by atoms with Gasteiger partial charge < -0.3 is 4.90 Å². The first kappa shape index (κ1) is 13.6. The molecular weight excluding hydrogens is 258 g/mol. The fourth-order valence-corrected chi connectivity index (χ4v) is 2.01. The maximum atomic E-state index is 11.8. The van der Waals surface area contributed by atoms with E-state index in [0.29, 0.717) is 11.6 Å². The Morgan fingerprint density at radius 1 is 1.05 bits per heavy atom. The van der Waals surface area contributed by atoms with Gasteiger partial charge in [-0.3, -0.25) is 4.79 Å². The molecular formula is C16H16ClNO. The van der Waals surface area contributed by atoms with E-state index in [1.807, 2.05) is 31.2 Å². The number of carbonyl (C=O) groups excluding carboxylic acids is 1. The number of aryl methyl sites for hydroxylation is 1. The highest BCUT2D eigenvalue weighted by atomic mass is 35.5. The highest BCUT2D eigenvalue weighted by Crippen LogP contribution is 2.20. The standard InChI is InChI=1S/C16H16ClNO/c1-12-3-5-14(6-4-12)11-18(13(2)19)16-9-7-15(17)8-10-16/h3-10H,11H2,1-2H3. The van der Waals surface area contributed by atoms with Crippen LogP contribution in [-0.2, 0) is 11.3 Å². The van der Waals surface area contributed by atoms with Gasteiger partial charge in [-0.05, 0) is 36.8 Å². The summed E-state index contributed by atoms with van der Waals surface area (Å²) in [5, 5.41) is 0.669. The number of carbonyl (C=O) groups is 1. The molecule has 0 unspecified atom stereocenters. The van der Waals surface area contributed by atoms with Crippen molar-refractivity contribution in [3.8, 4) is 0 Å². The quantitative estimate of drug-likeness (QED) is 0.821. The maximum Gasteiger partial charge on any atom is 0.224 e. The minimum Gasteiger partial charge on any atom is -0.308 e. The van der Waals surface area contributed by atoms with Crippen molar-refractivity contribution >= 4 is 23.2 Å². The molecule has 0 fully saturated rings. The summed E-state index contributed by atoms with van der Waals surface area (Å²) in [7, 11) is 0. The van der Waals surface area contributed by atoms with Crippen LogP contribution in [0, 0.1) is 6.92 Å². The maximum absolute atomic E-state index is 11.8. The van der Waals surface area contributed by atoms with Crippen LogP contribution < -0.4 is 4.90 Å². The Balaban J connectivity index is 2.23. The van der Waals surface area contributed by atoms with Gasteiger partial charge in [0.25, 0.3) is 0 Å². The molecule has 2 aromatic carbocycles. The van der Waals surface area contributed by atoms with Crippen LogP contribution in [0.4, 0.5) is 5.69 Å². The summed E-state index contributed by atoms with van der Waals surface area (Å²) in [5.41, 5.74) is 3.18. The molecule has 2 aromatic rings. The lowest BCUT2D eigenvalue weighted by molar-refractivity contribution is -0.116. The van der Waals surface area contributed by atoms with Crippen LogP contribution in [0.5, 0.6) is 0 Å². The number of benzene rings is 2. The van der Waals surface area contributed by atoms with Crippen LogP contribution in [0.3, 0.4) is 0 Å². The zero-order chi connectivity index (χ0) is 13.8. The molecule has 0 aliphatic rings. The molecule has 3 heteroatoms. The molecule has 0 spiro atoms. The second kappa shape index (κ2) is 5.89. The van der Waals surface area contributed by atoms with E-state index in [-0.39, 0.29) is 5.91 Å². The van der Waals surface area contributed by atoms with E-state index < -0.39 is 0 Å². The van der Waals surface area contributed by atoms with Gasteiger partial charge >= 0.3 is 0 Å². The molecule has 2 rings (SSSR count). The average Bonchev–Trinajstić information content (AvgIpc) is 2.39. The molecule has 2 nitrogen and oxygen atoms in total. The Labute approximate surface area is 118 Å². The Morgan fingerprint density at radius 2 is 1.63 bits per heavy atom. The van der Waals surface area contributed by atoms with Crippen LogP contribution in [0.15, 0.2) is 48.5 Å². The second-order valence-electron chi connectivity index (χ2n) is 4.57. The van der Waals surface area contributed by atoms with Gasteiger partial charge in [0.05, 0.1) is 6.54 Å². The van der Waals surface area contributed by atoms with Crippen molar-refractivity contribution in [2.45, 2.75) is 20.4 Å². The number of rotatable bonds is 3. The fourth-order valence-electron chi connectivity index (χ4n) is 1.88. The topological polar surface area (TPSA) is 20.3 Å². The highest BCUT2D eigenvalue weighted by molar-refractivity contribution is 6.30. The van der Waals surface area contributed by atoms with Crippen molar-refractivity contribution in [3.63, 3.8) is 0 Å². The SMILES string of the molecule is CC(=O)N(Cc1ccc(C)cc1)c1ccc(Cl)cc1. The predicted molar refractivity (Wildman–Crippen MR) is 79.5 cm³/mol. The van der Waals surface area contributed by atoms with E-state index in [4.69, 9.17) is 11.6 Å². The lowest BCUT2D eigenvalue weighted by Gasteiger charge is -2.21. The normalized spacial score (nSPS) is 10.3. The van der Waals surface area contributed by atoms with E-state index in [1.54, 1.807) is 24.0 Å². The Kier molecular flexibility index (Phi) is 4.23. The summed E-state index contributed by atoms with van der Waals surface area (Å²) in [5.74, 6) is 0.0166. The fraction of sp³-hybridized carbons (Fsp3) is 0.188. The Hall–Kier alpha value is -1.80. The van der Waals surface area contributed by atoms with Crippen molar-refractivity contribution in [1.82, 2.24) is 0 Å². The van der Waals surface area contributed by atoms with Gasteiger partial charge in [0.2, 0.25) is 5.91 Å². The summed E-state index contributed by atoms with van der Waals surface area (Å²) in [6.45, 7) is 4.19. The van der Waals surface area contributed by atoms with Gasteiger partial charge in [0.15, 0.2) is 0 Å². The monoisotopic (exact) mass is 273 g/mol. The lowest BCUT2D eigenvalue weighted by atomic mass is 10.1. The van der Waals surface area contributed by atoms with Gasteiger partial charge in [0, 0.05) is 17.6 Å². The molecule has 0 saturated carbocycles. The molecule has 98 valence electrons. The van der Waals surface area contributed by atoms with Gasteiger partial charge in [-0.2, -0.15) is 0 Å². The van der Waals surface area contributed by atoms with E-state index in [2.05, 4.69) is 12.1 Å². The van der Waals surface area contributed by atoms with Gasteiger partial charge in [-0.1, -0.05) is 41.4 Å². The molecule has 0 heterocycles.